The molecule has 7 nitrogen and oxygen atoms in total. The van der Waals surface area contributed by atoms with Gasteiger partial charge in [-0.3, -0.25) is 9.69 Å². The summed E-state index contributed by atoms with van der Waals surface area (Å²) in [5.74, 6) is -0.0684. The Labute approximate surface area is 177 Å². The number of benzene rings is 2. The number of fused-ring (bicyclic) bond motifs is 1. The smallest absolute Gasteiger partial charge is 0.258 e. The minimum absolute atomic E-state index is 0.0278. The van der Waals surface area contributed by atoms with Crippen molar-refractivity contribution in [2.75, 3.05) is 44.3 Å². The van der Waals surface area contributed by atoms with Gasteiger partial charge in [0.15, 0.2) is 0 Å². The van der Waals surface area contributed by atoms with E-state index in [1.165, 1.54) is 0 Å². The molecule has 1 saturated heterocycles. The molecule has 8 heteroatoms. The number of ether oxygens (including phenoxy) is 1. The minimum atomic E-state index is -3.60. The zero-order valence-corrected chi connectivity index (χ0v) is 17.9. The number of carbonyl (C=O) groups is 1. The Hall–Kier alpha value is -2.26. The first-order valence-electron chi connectivity index (χ1n) is 10.3. The number of hydrogen-bond acceptors (Lipinski definition) is 5. The highest BCUT2D eigenvalue weighted by atomic mass is 32.2. The number of anilines is 1. The Morgan fingerprint density at radius 2 is 1.87 bits per heavy atom. The molecule has 0 bridgehead atoms. The third-order valence-corrected chi connectivity index (χ3v) is 7.10. The molecule has 0 unspecified atom stereocenters. The number of hydrogen-bond donors (Lipinski definition) is 1. The van der Waals surface area contributed by atoms with E-state index in [0.29, 0.717) is 38.3 Å². The number of nitrogens with zero attached hydrogens (tertiary/aromatic N) is 2. The lowest BCUT2D eigenvalue weighted by Crippen LogP contribution is -2.41. The van der Waals surface area contributed by atoms with E-state index in [0.717, 1.165) is 24.3 Å². The summed E-state index contributed by atoms with van der Waals surface area (Å²) in [7, 11) is -3.60. The molecule has 2 aromatic rings. The van der Waals surface area contributed by atoms with E-state index in [4.69, 9.17) is 4.74 Å². The van der Waals surface area contributed by atoms with Gasteiger partial charge < -0.3 is 9.64 Å². The van der Waals surface area contributed by atoms with Crippen molar-refractivity contribution in [2.45, 2.75) is 24.3 Å². The topological polar surface area (TPSA) is 79.0 Å². The Balaban J connectivity index is 1.47. The average molecular weight is 430 g/mol. The summed E-state index contributed by atoms with van der Waals surface area (Å²) in [5, 5.41) is 0. The zero-order valence-electron chi connectivity index (χ0n) is 17.1. The van der Waals surface area contributed by atoms with Crippen LogP contribution in [0.4, 0.5) is 5.69 Å². The number of sulfonamides is 1. The molecule has 1 amide bonds. The highest BCUT2D eigenvalue weighted by Crippen LogP contribution is 2.35. The van der Waals surface area contributed by atoms with E-state index in [9.17, 15) is 13.2 Å². The fourth-order valence-electron chi connectivity index (χ4n) is 4.05. The largest absolute Gasteiger partial charge is 0.379 e. The van der Waals surface area contributed by atoms with E-state index in [-0.39, 0.29) is 16.8 Å². The van der Waals surface area contributed by atoms with Crippen LogP contribution >= 0.6 is 0 Å². The fraction of sp³-hybridized carbons (Fsp3) is 0.409. The second-order valence-electron chi connectivity index (χ2n) is 7.74. The maximum absolute atomic E-state index is 13.0. The van der Waals surface area contributed by atoms with Gasteiger partial charge in [0.05, 0.1) is 18.1 Å². The second kappa shape index (κ2) is 8.85. The Morgan fingerprint density at radius 3 is 2.60 bits per heavy atom. The Bertz CT molecular complexity index is 1000. The van der Waals surface area contributed by atoms with Gasteiger partial charge in [-0.25, -0.2) is 13.1 Å². The lowest BCUT2D eigenvalue weighted by atomic mass is 10.1. The van der Waals surface area contributed by atoms with Gasteiger partial charge in [0.2, 0.25) is 10.0 Å². The second-order valence-corrected chi connectivity index (χ2v) is 9.50. The SMILES string of the molecule is C[C@@H]1Cc2cc(S(=O)(=O)NCCN3CCOCC3)ccc2N1C(=O)c1ccccc1. The zero-order chi connectivity index (χ0) is 21.1. The standard InChI is InChI=1S/C22H27N3O4S/c1-17-15-19-16-20(30(27,28)23-9-10-24-11-13-29-14-12-24)7-8-21(19)25(17)22(26)18-5-3-2-4-6-18/h2-8,16-17,23H,9-15H2,1H3/t17-/m1/s1. The highest BCUT2D eigenvalue weighted by molar-refractivity contribution is 7.89. The van der Waals surface area contributed by atoms with Crippen LogP contribution in [0.1, 0.15) is 22.8 Å². The molecule has 2 aliphatic rings. The molecular weight excluding hydrogens is 402 g/mol. The van der Waals surface area contributed by atoms with Gasteiger partial charge in [-0.1, -0.05) is 18.2 Å². The van der Waals surface area contributed by atoms with Crippen molar-refractivity contribution >= 4 is 21.6 Å². The monoisotopic (exact) mass is 429 g/mol. The number of morpholine rings is 1. The summed E-state index contributed by atoms with van der Waals surface area (Å²) < 4.78 is 33.5. The third-order valence-electron chi connectivity index (χ3n) is 5.64. The summed E-state index contributed by atoms with van der Waals surface area (Å²) in [5.41, 5.74) is 2.28. The van der Waals surface area contributed by atoms with E-state index in [2.05, 4.69) is 9.62 Å². The van der Waals surface area contributed by atoms with Gasteiger partial charge in [0, 0.05) is 43.5 Å². The summed E-state index contributed by atoms with van der Waals surface area (Å²) in [6.45, 7) is 6.02. The van der Waals surface area contributed by atoms with Gasteiger partial charge in [-0.15, -0.1) is 0 Å². The number of rotatable bonds is 6. The predicted molar refractivity (Wildman–Crippen MR) is 115 cm³/mol. The number of nitrogens with one attached hydrogen (secondary N) is 1. The van der Waals surface area contributed by atoms with E-state index in [1.807, 2.05) is 25.1 Å². The van der Waals surface area contributed by atoms with Gasteiger partial charge >= 0.3 is 0 Å². The van der Waals surface area contributed by atoms with Crippen LogP contribution in [0.3, 0.4) is 0 Å². The first kappa shape index (κ1) is 21.0. The van der Waals surface area contributed by atoms with Crippen molar-refractivity contribution in [1.29, 1.82) is 0 Å². The molecule has 2 aliphatic heterocycles. The summed E-state index contributed by atoms with van der Waals surface area (Å²) in [4.78, 5) is 17.2. The van der Waals surface area contributed by atoms with Gasteiger partial charge in [-0.05, 0) is 49.2 Å². The Morgan fingerprint density at radius 1 is 1.13 bits per heavy atom. The molecule has 4 rings (SSSR count). The van der Waals surface area contributed by atoms with Gasteiger partial charge in [0.1, 0.15) is 0 Å². The molecule has 1 fully saturated rings. The molecule has 0 aromatic heterocycles. The van der Waals surface area contributed by atoms with Crippen LogP contribution in [-0.4, -0.2) is 64.7 Å². The molecule has 0 aliphatic carbocycles. The maximum atomic E-state index is 13.0. The summed E-state index contributed by atoms with van der Waals surface area (Å²) in [6.07, 6.45) is 0.630. The fourth-order valence-corrected chi connectivity index (χ4v) is 5.12. The van der Waals surface area contributed by atoms with Crippen LogP contribution < -0.4 is 9.62 Å². The van der Waals surface area contributed by atoms with Crippen molar-refractivity contribution < 1.29 is 17.9 Å². The van der Waals surface area contributed by atoms with E-state index >= 15 is 0 Å². The molecule has 30 heavy (non-hydrogen) atoms. The molecule has 160 valence electrons. The van der Waals surface area contributed by atoms with Crippen LogP contribution in [0.25, 0.3) is 0 Å². The minimum Gasteiger partial charge on any atom is -0.379 e. The number of amides is 1. The average Bonchev–Trinajstić information content (AvgIpc) is 3.09. The molecule has 0 radical (unpaired) electrons. The lowest BCUT2D eigenvalue weighted by Gasteiger charge is -2.26. The van der Waals surface area contributed by atoms with Crippen LogP contribution in [0.2, 0.25) is 0 Å². The van der Waals surface area contributed by atoms with Gasteiger partial charge in [-0.2, -0.15) is 0 Å². The first-order valence-corrected chi connectivity index (χ1v) is 11.8. The van der Waals surface area contributed by atoms with Crippen molar-refractivity contribution in [3.05, 3.63) is 59.7 Å². The van der Waals surface area contributed by atoms with Gasteiger partial charge in [0.25, 0.3) is 5.91 Å². The quantitative estimate of drug-likeness (QED) is 0.759. The maximum Gasteiger partial charge on any atom is 0.258 e. The molecule has 1 atom stereocenters. The van der Waals surface area contributed by atoms with Crippen LogP contribution in [-0.2, 0) is 21.2 Å². The summed E-state index contributed by atoms with van der Waals surface area (Å²) in [6, 6.07) is 14.1. The molecule has 0 spiro atoms. The van der Waals surface area contributed by atoms with Crippen molar-refractivity contribution in [3.63, 3.8) is 0 Å². The van der Waals surface area contributed by atoms with Crippen LogP contribution in [0.15, 0.2) is 53.4 Å². The molecule has 1 N–H and O–H groups in total. The lowest BCUT2D eigenvalue weighted by molar-refractivity contribution is 0.0390. The van der Waals surface area contributed by atoms with Crippen LogP contribution in [0.5, 0.6) is 0 Å². The van der Waals surface area contributed by atoms with Crippen molar-refractivity contribution in [3.8, 4) is 0 Å². The van der Waals surface area contributed by atoms with Crippen LogP contribution in [0, 0.1) is 0 Å². The van der Waals surface area contributed by atoms with Crippen molar-refractivity contribution in [1.82, 2.24) is 9.62 Å². The highest BCUT2D eigenvalue weighted by Gasteiger charge is 2.32. The predicted octanol–water partition coefficient (Wildman–Crippen LogP) is 1.89. The third kappa shape index (κ3) is 4.41. The Kier molecular flexibility index (Phi) is 6.19. The molecule has 2 aromatic carbocycles. The molecular formula is C22H27N3O4S. The van der Waals surface area contributed by atoms with Crippen molar-refractivity contribution in [2.24, 2.45) is 0 Å². The number of carbonyl (C=O) groups excluding carboxylic acids is 1. The molecule has 2 heterocycles. The summed E-state index contributed by atoms with van der Waals surface area (Å²) >= 11 is 0. The molecule has 0 saturated carbocycles. The normalized spacial score (nSPS) is 19.6. The first-order chi connectivity index (χ1) is 14.5. The van der Waals surface area contributed by atoms with E-state index < -0.39 is 10.0 Å². The van der Waals surface area contributed by atoms with E-state index in [1.54, 1.807) is 35.2 Å².